The van der Waals surface area contributed by atoms with Crippen molar-refractivity contribution >= 4 is 11.8 Å². The number of hydrogen-bond acceptors (Lipinski definition) is 3. The van der Waals surface area contributed by atoms with Crippen LogP contribution in [0, 0.1) is 13.8 Å². The fourth-order valence-corrected chi connectivity index (χ4v) is 3.13. The lowest BCUT2D eigenvalue weighted by atomic mass is 10.1. The number of benzene rings is 2. The average Bonchev–Trinajstić information content (AvgIpc) is 2.68. The highest BCUT2D eigenvalue weighted by atomic mass is 16.5. The number of nitrogens with zero attached hydrogens (tertiary/aromatic N) is 1. The van der Waals surface area contributed by atoms with E-state index in [1.54, 1.807) is 4.90 Å². The van der Waals surface area contributed by atoms with Crippen molar-refractivity contribution in [2.75, 3.05) is 6.61 Å². The minimum absolute atomic E-state index is 0.0103. The topological polar surface area (TPSA) is 58.6 Å². The first-order valence-corrected chi connectivity index (χ1v) is 10.2. The van der Waals surface area contributed by atoms with Crippen LogP contribution in [0.1, 0.15) is 43.9 Å². The van der Waals surface area contributed by atoms with Crippen LogP contribution in [0.3, 0.4) is 0 Å². The fourth-order valence-electron chi connectivity index (χ4n) is 3.13. The summed E-state index contributed by atoms with van der Waals surface area (Å²) in [4.78, 5) is 27.5. The normalized spacial score (nSPS) is 11.8. The second-order valence-electron chi connectivity index (χ2n) is 7.65. The SMILES string of the molecule is CC[C@H](C(=O)NC(C)C)N(Cc1ccc(C)cc1)C(=O)COc1ccccc1C. The standard InChI is InChI=1S/C24H32N2O3/c1-6-21(24(28)25-17(2)3)26(15-20-13-11-18(4)12-14-20)23(27)16-29-22-10-8-7-9-19(22)5/h7-14,17,21H,6,15-16H2,1-5H3,(H,25,28)/t21-/m1/s1. The highest BCUT2D eigenvalue weighted by Crippen LogP contribution is 2.18. The summed E-state index contributed by atoms with van der Waals surface area (Å²) in [5, 5.41) is 2.93. The summed E-state index contributed by atoms with van der Waals surface area (Å²) in [6.07, 6.45) is 0.528. The number of hydrogen-bond donors (Lipinski definition) is 1. The zero-order valence-electron chi connectivity index (χ0n) is 18.1. The molecule has 0 bridgehead atoms. The van der Waals surface area contributed by atoms with Crippen LogP contribution >= 0.6 is 0 Å². The van der Waals surface area contributed by atoms with Crippen LogP contribution in [-0.4, -0.2) is 35.4 Å². The average molecular weight is 397 g/mol. The molecule has 0 aliphatic heterocycles. The van der Waals surface area contributed by atoms with Crippen molar-refractivity contribution in [1.82, 2.24) is 10.2 Å². The number of ether oxygens (including phenoxy) is 1. The zero-order chi connectivity index (χ0) is 21.4. The van der Waals surface area contributed by atoms with E-state index in [1.807, 2.05) is 83.1 Å². The van der Waals surface area contributed by atoms with Crippen molar-refractivity contribution in [3.63, 3.8) is 0 Å². The molecular weight excluding hydrogens is 364 g/mol. The first kappa shape index (κ1) is 22.5. The molecule has 0 saturated carbocycles. The lowest BCUT2D eigenvalue weighted by Gasteiger charge is -2.31. The molecule has 29 heavy (non-hydrogen) atoms. The Morgan fingerprint density at radius 1 is 1.03 bits per heavy atom. The van der Waals surface area contributed by atoms with Crippen LogP contribution in [0.5, 0.6) is 5.75 Å². The van der Waals surface area contributed by atoms with E-state index in [1.165, 1.54) is 0 Å². The molecule has 0 radical (unpaired) electrons. The second-order valence-corrected chi connectivity index (χ2v) is 7.65. The van der Waals surface area contributed by atoms with E-state index in [0.717, 1.165) is 16.7 Å². The predicted molar refractivity (Wildman–Crippen MR) is 116 cm³/mol. The third-order valence-corrected chi connectivity index (χ3v) is 4.74. The molecule has 0 unspecified atom stereocenters. The van der Waals surface area contributed by atoms with Crippen molar-refractivity contribution in [1.29, 1.82) is 0 Å². The maximum absolute atomic E-state index is 13.1. The molecule has 2 aromatic rings. The van der Waals surface area contributed by atoms with Gasteiger partial charge in [-0.2, -0.15) is 0 Å². The summed E-state index contributed by atoms with van der Waals surface area (Å²) in [5.41, 5.74) is 3.10. The predicted octanol–water partition coefficient (Wildman–Crippen LogP) is 4.01. The summed E-state index contributed by atoms with van der Waals surface area (Å²) >= 11 is 0. The van der Waals surface area contributed by atoms with Gasteiger partial charge in [0.2, 0.25) is 5.91 Å². The molecule has 156 valence electrons. The van der Waals surface area contributed by atoms with Gasteiger partial charge in [-0.25, -0.2) is 0 Å². The largest absolute Gasteiger partial charge is 0.484 e. The Kier molecular flexibility index (Phi) is 8.25. The van der Waals surface area contributed by atoms with Gasteiger partial charge >= 0.3 is 0 Å². The van der Waals surface area contributed by atoms with Gasteiger partial charge in [-0.3, -0.25) is 9.59 Å². The van der Waals surface area contributed by atoms with Gasteiger partial charge < -0.3 is 15.0 Å². The Labute approximate surface area is 174 Å². The lowest BCUT2D eigenvalue weighted by molar-refractivity contribution is -0.143. The second kappa shape index (κ2) is 10.6. The third-order valence-electron chi connectivity index (χ3n) is 4.74. The molecule has 1 N–H and O–H groups in total. The molecule has 0 saturated heterocycles. The van der Waals surface area contributed by atoms with Gasteiger partial charge in [-0.15, -0.1) is 0 Å². The number of aryl methyl sites for hydroxylation is 2. The van der Waals surface area contributed by atoms with E-state index in [-0.39, 0.29) is 24.5 Å². The van der Waals surface area contributed by atoms with Gasteiger partial charge in [0, 0.05) is 12.6 Å². The highest BCUT2D eigenvalue weighted by Gasteiger charge is 2.29. The quantitative estimate of drug-likeness (QED) is 0.697. The maximum Gasteiger partial charge on any atom is 0.261 e. The van der Waals surface area contributed by atoms with Crippen LogP contribution in [0.2, 0.25) is 0 Å². The van der Waals surface area contributed by atoms with Crippen LogP contribution in [-0.2, 0) is 16.1 Å². The Morgan fingerprint density at radius 3 is 2.28 bits per heavy atom. The van der Waals surface area contributed by atoms with E-state index in [9.17, 15) is 9.59 Å². The van der Waals surface area contributed by atoms with Crippen LogP contribution in [0.25, 0.3) is 0 Å². The van der Waals surface area contributed by atoms with Crippen LogP contribution in [0.15, 0.2) is 48.5 Å². The van der Waals surface area contributed by atoms with E-state index in [2.05, 4.69) is 5.32 Å². The number of carbonyl (C=O) groups is 2. The number of carbonyl (C=O) groups excluding carboxylic acids is 2. The van der Waals surface area contributed by atoms with Crippen LogP contribution in [0.4, 0.5) is 0 Å². The molecule has 0 aliphatic carbocycles. The molecule has 0 aliphatic rings. The molecule has 0 spiro atoms. The molecule has 0 fully saturated rings. The summed E-state index contributed by atoms with van der Waals surface area (Å²) in [6.45, 7) is 9.96. The highest BCUT2D eigenvalue weighted by molar-refractivity contribution is 5.88. The Morgan fingerprint density at radius 2 is 1.69 bits per heavy atom. The van der Waals surface area contributed by atoms with E-state index >= 15 is 0 Å². The van der Waals surface area contributed by atoms with Gasteiger partial charge in [0.25, 0.3) is 5.91 Å². The Bertz CT molecular complexity index is 815. The van der Waals surface area contributed by atoms with E-state index in [0.29, 0.717) is 18.7 Å². The van der Waals surface area contributed by atoms with Gasteiger partial charge in [0.1, 0.15) is 11.8 Å². The summed E-state index contributed by atoms with van der Waals surface area (Å²) in [7, 11) is 0. The van der Waals surface area contributed by atoms with E-state index in [4.69, 9.17) is 4.74 Å². The maximum atomic E-state index is 13.1. The summed E-state index contributed by atoms with van der Waals surface area (Å²) in [6, 6.07) is 15.1. The van der Waals surface area contributed by atoms with Crippen molar-refractivity contribution in [3.8, 4) is 5.75 Å². The molecular formula is C24H32N2O3. The minimum atomic E-state index is -0.549. The first-order chi connectivity index (χ1) is 13.8. The molecule has 2 aromatic carbocycles. The first-order valence-electron chi connectivity index (χ1n) is 10.2. The summed E-state index contributed by atoms with van der Waals surface area (Å²) < 4.78 is 5.77. The van der Waals surface area contributed by atoms with Gasteiger partial charge in [-0.05, 0) is 51.3 Å². The number of para-hydroxylation sites is 1. The number of rotatable bonds is 9. The van der Waals surface area contributed by atoms with Crippen molar-refractivity contribution in [3.05, 3.63) is 65.2 Å². The molecule has 5 nitrogen and oxygen atoms in total. The zero-order valence-corrected chi connectivity index (χ0v) is 18.1. The third kappa shape index (κ3) is 6.63. The van der Waals surface area contributed by atoms with E-state index < -0.39 is 6.04 Å². The van der Waals surface area contributed by atoms with Gasteiger partial charge in [0.15, 0.2) is 6.61 Å². The minimum Gasteiger partial charge on any atom is -0.484 e. The monoisotopic (exact) mass is 396 g/mol. The number of amides is 2. The van der Waals surface area contributed by atoms with Crippen molar-refractivity contribution < 1.29 is 14.3 Å². The van der Waals surface area contributed by atoms with Crippen molar-refractivity contribution in [2.24, 2.45) is 0 Å². The molecule has 5 heteroatoms. The molecule has 0 aromatic heterocycles. The Balaban J connectivity index is 2.21. The lowest BCUT2D eigenvalue weighted by Crippen LogP contribution is -2.51. The molecule has 1 atom stereocenters. The van der Waals surface area contributed by atoms with Crippen molar-refractivity contribution in [2.45, 2.75) is 59.7 Å². The van der Waals surface area contributed by atoms with Gasteiger partial charge in [0.05, 0.1) is 0 Å². The van der Waals surface area contributed by atoms with Gasteiger partial charge in [-0.1, -0.05) is 55.0 Å². The number of nitrogens with one attached hydrogen (secondary N) is 1. The fraction of sp³-hybridized carbons (Fsp3) is 0.417. The Hall–Kier alpha value is -2.82. The summed E-state index contributed by atoms with van der Waals surface area (Å²) in [5.74, 6) is 0.328. The van der Waals surface area contributed by atoms with Crippen LogP contribution < -0.4 is 10.1 Å². The molecule has 2 rings (SSSR count). The molecule has 2 amide bonds. The molecule has 0 heterocycles. The smallest absolute Gasteiger partial charge is 0.261 e.